The molecule has 4 aromatic rings. The van der Waals surface area contributed by atoms with E-state index in [0.29, 0.717) is 16.7 Å². The number of anilines is 2. The van der Waals surface area contributed by atoms with E-state index in [1.807, 2.05) is 0 Å². The molecule has 0 saturated carbocycles. The third-order valence-corrected chi connectivity index (χ3v) is 8.64. The summed E-state index contributed by atoms with van der Waals surface area (Å²) in [7, 11) is -6.76. The van der Waals surface area contributed by atoms with Crippen molar-refractivity contribution in [3.05, 3.63) is 72.8 Å². The van der Waals surface area contributed by atoms with Crippen molar-refractivity contribution in [2.75, 3.05) is 11.9 Å². The first kappa shape index (κ1) is 25.5. The van der Waals surface area contributed by atoms with Gasteiger partial charge in [-0.05, 0) is 41.8 Å². The fourth-order valence-electron chi connectivity index (χ4n) is 4.06. The Morgan fingerprint density at radius 3 is 2.23 bits per heavy atom. The first-order valence-electron chi connectivity index (χ1n) is 10.0. The molecule has 172 valence electrons. The second-order valence-corrected chi connectivity index (χ2v) is 11.2. The van der Waals surface area contributed by atoms with Crippen LogP contribution in [0.4, 0.5) is 22.7 Å². The molecule has 1 unspecified atom stereocenters. The maximum Gasteiger partial charge on any atom is 1.00 e. The maximum atomic E-state index is 13.3. The van der Waals surface area contributed by atoms with Crippen molar-refractivity contribution in [3.63, 3.8) is 0 Å². The zero-order chi connectivity index (χ0) is 24.3. The van der Waals surface area contributed by atoms with Gasteiger partial charge in [0.15, 0.2) is 0 Å². The van der Waals surface area contributed by atoms with Gasteiger partial charge in [0, 0.05) is 12.4 Å². The maximum absolute atomic E-state index is 13.3. The van der Waals surface area contributed by atoms with Crippen LogP contribution >= 0.6 is 7.37 Å². The normalized spacial score (nSPS) is 17.2. The van der Waals surface area contributed by atoms with E-state index < -0.39 is 28.1 Å². The molecule has 1 aliphatic rings. The topological polar surface area (TPSA) is 143 Å². The molecule has 0 aliphatic carbocycles. The predicted octanol–water partition coefficient (Wildman–Crippen LogP) is 0.882. The molecule has 35 heavy (non-hydrogen) atoms. The Labute approximate surface area is 223 Å². The quantitative estimate of drug-likeness (QED) is 0.178. The van der Waals surface area contributed by atoms with Gasteiger partial charge in [0.25, 0.3) is 17.5 Å². The molecule has 0 radical (unpaired) electrons. The number of rotatable bonds is 3. The Balaban J connectivity index is 0.00000289. The summed E-state index contributed by atoms with van der Waals surface area (Å²) in [5.74, 6) is -0.564. The minimum Gasteiger partial charge on any atom is -0.871 e. The van der Waals surface area contributed by atoms with E-state index in [1.54, 1.807) is 60.5 Å². The first-order chi connectivity index (χ1) is 16.1. The monoisotopic (exact) mass is 517 g/mol. The molecule has 1 aliphatic heterocycles. The summed E-state index contributed by atoms with van der Waals surface area (Å²) < 4.78 is 46.7. The standard InChI is InChI=1S/C23H18N3O6PS.Na/c1-26-18-8-4-5-9-20(18)33(28,29)21-12-14(10-11-19(21)26)24-25-17-13-22(34(30,31)32)15-6-2-3-7-16(15)23(17)27;/h2-13,27H,1H3,(H,28,29)(H,30,31,32);/q;+1/p-1. The van der Waals surface area contributed by atoms with E-state index >= 15 is 0 Å². The second kappa shape index (κ2) is 9.15. The molecule has 2 N–H and O–H groups in total. The molecular weight excluding hydrogens is 500 g/mol. The summed E-state index contributed by atoms with van der Waals surface area (Å²) in [5.41, 5.74) is 1.06. The molecule has 1 atom stereocenters. The van der Waals surface area contributed by atoms with Gasteiger partial charge in [0.1, 0.15) is 4.90 Å². The average molecular weight is 517 g/mol. The molecule has 12 heteroatoms. The Morgan fingerprint density at radius 1 is 0.886 bits per heavy atom. The van der Waals surface area contributed by atoms with Crippen LogP contribution in [0.1, 0.15) is 0 Å². The molecule has 0 saturated heterocycles. The Bertz CT molecular complexity index is 1680. The summed E-state index contributed by atoms with van der Waals surface area (Å²) in [5, 5.41) is 21.4. The van der Waals surface area contributed by atoms with Crippen LogP contribution in [0.25, 0.3) is 10.8 Å². The number of benzene rings is 4. The largest absolute Gasteiger partial charge is 1.00 e. The van der Waals surface area contributed by atoms with Crippen LogP contribution < -0.4 is 50.2 Å². The van der Waals surface area contributed by atoms with Gasteiger partial charge in [-0.15, -0.1) is 0 Å². The summed E-state index contributed by atoms with van der Waals surface area (Å²) in [6.45, 7) is 0. The van der Waals surface area contributed by atoms with Crippen LogP contribution in [-0.2, 0) is 14.7 Å². The van der Waals surface area contributed by atoms with Crippen LogP contribution in [0.5, 0.6) is 5.75 Å². The van der Waals surface area contributed by atoms with E-state index in [4.69, 9.17) is 0 Å². The predicted molar refractivity (Wildman–Crippen MR) is 127 cm³/mol. The van der Waals surface area contributed by atoms with Gasteiger partial charge >= 0.3 is 29.6 Å². The van der Waals surface area contributed by atoms with E-state index in [0.717, 1.165) is 6.07 Å². The van der Waals surface area contributed by atoms with Gasteiger partial charge < -0.3 is 14.9 Å². The van der Waals surface area contributed by atoms with Crippen LogP contribution in [0.3, 0.4) is 0 Å². The van der Waals surface area contributed by atoms with Crippen molar-refractivity contribution in [1.29, 1.82) is 0 Å². The van der Waals surface area contributed by atoms with Crippen molar-refractivity contribution < 1.29 is 57.1 Å². The molecule has 0 bridgehead atoms. The van der Waals surface area contributed by atoms with Gasteiger partial charge in [-0.25, -0.2) is 0 Å². The minimum atomic E-state index is -4.63. The van der Waals surface area contributed by atoms with E-state index in [1.165, 1.54) is 18.2 Å². The average Bonchev–Trinajstić information content (AvgIpc) is 2.82. The second-order valence-electron chi connectivity index (χ2n) is 7.74. The summed E-state index contributed by atoms with van der Waals surface area (Å²) in [6, 6.07) is 18.4. The number of para-hydroxylation sites is 1. The zero-order valence-corrected chi connectivity index (χ0v) is 22.4. The number of hydrogen-bond donors (Lipinski definition) is 2. The molecule has 0 fully saturated rings. The molecule has 0 amide bonds. The van der Waals surface area contributed by atoms with Crippen molar-refractivity contribution in [1.82, 2.24) is 0 Å². The number of fused-ring (bicyclic) bond motifs is 3. The number of nitrogens with zero attached hydrogens (tertiary/aromatic N) is 3. The minimum absolute atomic E-state index is 0. The zero-order valence-electron chi connectivity index (χ0n) is 18.7. The van der Waals surface area contributed by atoms with E-state index in [9.17, 15) is 27.5 Å². The van der Waals surface area contributed by atoms with Crippen molar-refractivity contribution in [2.24, 2.45) is 10.2 Å². The smallest absolute Gasteiger partial charge is 0.871 e. The third-order valence-electron chi connectivity index (χ3n) is 5.71. The fourth-order valence-corrected chi connectivity index (χ4v) is 6.71. The van der Waals surface area contributed by atoms with Crippen LogP contribution in [-0.4, -0.2) is 24.9 Å². The van der Waals surface area contributed by atoms with Crippen molar-refractivity contribution in [2.45, 2.75) is 4.90 Å². The number of hydrogen-bond acceptors (Lipinski definition) is 7. The summed E-state index contributed by atoms with van der Waals surface area (Å²) in [6.07, 6.45) is 0. The number of azo groups is 1. The molecule has 0 aromatic heterocycles. The van der Waals surface area contributed by atoms with Crippen molar-refractivity contribution in [3.8, 4) is 5.75 Å². The van der Waals surface area contributed by atoms with Gasteiger partial charge in [-0.1, -0.05) is 42.1 Å². The fraction of sp³-hybridized carbons (Fsp3) is 0.0435. The molecular formula is C23H17N3NaO6PS. The third kappa shape index (κ3) is 4.32. The van der Waals surface area contributed by atoms with Crippen molar-refractivity contribution >= 4 is 61.6 Å². The Hall–Kier alpha value is -2.56. The van der Waals surface area contributed by atoms with Crippen LogP contribution in [0, 0.1) is 0 Å². The summed E-state index contributed by atoms with van der Waals surface area (Å²) >= 11 is 0. The SMILES string of the molecule is CN1c2ccccc2P(=O)(O)c2cc(N=Nc3cc(S(=O)(=O)O)c4ccccc4c3[O-])ccc21.[Na+]. The molecule has 0 spiro atoms. The molecule has 9 nitrogen and oxygen atoms in total. The van der Waals surface area contributed by atoms with E-state index in [-0.39, 0.29) is 57.0 Å². The van der Waals surface area contributed by atoms with Gasteiger partial charge in [0.05, 0.1) is 33.4 Å². The summed E-state index contributed by atoms with van der Waals surface area (Å²) in [4.78, 5) is 12.2. The van der Waals surface area contributed by atoms with Gasteiger partial charge in [-0.3, -0.25) is 9.12 Å². The van der Waals surface area contributed by atoms with Crippen LogP contribution in [0.2, 0.25) is 0 Å². The molecule has 4 aromatic carbocycles. The van der Waals surface area contributed by atoms with Gasteiger partial charge in [-0.2, -0.15) is 18.6 Å². The molecule has 1 heterocycles. The Morgan fingerprint density at radius 2 is 1.51 bits per heavy atom. The first-order valence-corrected chi connectivity index (χ1v) is 13.1. The Kier molecular flexibility index (Phi) is 6.67. The van der Waals surface area contributed by atoms with Gasteiger partial charge in [0.2, 0.25) is 0 Å². The van der Waals surface area contributed by atoms with E-state index in [2.05, 4.69) is 10.2 Å². The van der Waals surface area contributed by atoms with Crippen LogP contribution in [0.15, 0.2) is 87.9 Å². The molecule has 5 rings (SSSR count).